The van der Waals surface area contributed by atoms with E-state index < -0.39 is 6.85 Å². The van der Waals surface area contributed by atoms with Crippen molar-refractivity contribution < 1.29 is 4.11 Å². The fourth-order valence-corrected chi connectivity index (χ4v) is 10.3. The average Bonchev–Trinajstić information content (AvgIpc) is 4.00. The molecule has 67 heavy (non-hydrogen) atoms. The highest BCUT2D eigenvalue weighted by atomic mass is 15.1. The van der Waals surface area contributed by atoms with Gasteiger partial charge in [-0.3, -0.25) is 0 Å². The van der Waals surface area contributed by atoms with Gasteiger partial charge in [0.05, 0.1) is 50.2 Å². The lowest BCUT2D eigenvalue weighted by Crippen LogP contribution is -2.10. The van der Waals surface area contributed by atoms with Crippen molar-refractivity contribution in [2.75, 3.05) is 0 Å². The molecule has 0 aliphatic heterocycles. The highest BCUT2D eigenvalue weighted by molar-refractivity contribution is 6.14. The number of hydrogen-bond acceptors (Lipinski definition) is 3. The van der Waals surface area contributed by atoms with Gasteiger partial charge in [0.2, 0.25) is 0 Å². The Kier molecular flexibility index (Phi) is 7.98. The molecule has 0 radical (unpaired) electrons. The van der Waals surface area contributed by atoms with Gasteiger partial charge in [0.25, 0.3) is 0 Å². The maximum atomic E-state index is 8.48. The summed E-state index contributed by atoms with van der Waals surface area (Å²) in [7, 11) is 0. The fourth-order valence-electron chi connectivity index (χ4n) is 10.3. The van der Waals surface area contributed by atoms with Crippen molar-refractivity contribution in [2.45, 2.75) is 27.6 Å². The van der Waals surface area contributed by atoms with E-state index in [1.165, 1.54) is 16.7 Å². The van der Waals surface area contributed by atoms with Crippen molar-refractivity contribution in [3.05, 3.63) is 216 Å². The molecule has 0 saturated heterocycles. The zero-order valence-electron chi connectivity index (χ0n) is 40.2. The lowest BCUT2D eigenvalue weighted by Gasteiger charge is -2.23. The number of rotatable bonds is 6. The first kappa shape index (κ1) is 35.7. The van der Waals surface area contributed by atoms with Crippen molar-refractivity contribution in [1.29, 1.82) is 0 Å². The third kappa shape index (κ3) is 6.14. The summed E-state index contributed by atoms with van der Waals surface area (Å²) in [6, 6.07) is 67.3. The molecule has 13 aromatic rings. The number of aromatic nitrogens is 6. The van der Waals surface area contributed by atoms with E-state index in [1.807, 2.05) is 78.9 Å². The summed E-state index contributed by atoms with van der Waals surface area (Å²) in [5.41, 5.74) is 15.1. The van der Waals surface area contributed by atoms with Crippen molar-refractivity contribution in [1.82, 2.24) is 28.7 Å². The predicted octanol–water partition coefficient (Wildman–Crippen LogP) is 15.4. The Bertz CT molecular complexity index is 4140. The van der Waals surface area contributed by atoms with Crippen LogP contribution in [0.25, 0.3) is 117 Å². The van der Waals surface area contributed by atoms with Gasteiger partial charge in [-0.15, -0.1) is 0 Å². The summed E-state index contributed by atoms with van der Waals surface area (Å²) in [5.74, 6) is 1.63. The number of benzene rings is 9. The minimum atomic E-state index is -2.30. The van der Waals surface area contributed by atoms with Crippen LogP contribution in [0.2, 0.25) is 0 Å². The molecule has 0 atom stereocenters. The Morgan fingerprint density at radius 1 is 0.313 bits per heavy atom. The molecule has 0 N–H and O–H groups in total. The van der Waals surface area contributed by atoms with Gasteiger partial charge in [0.15, 0.2) is 17.5 Å². The summed E-state index contributed by atoms with van der Waals surface area (Å²) in [6.07, 6.45) is 0. The van der Waals surface area contributed by atoms with Crippen LogP contribution in [0.15, 0.2) is 194 Å². The first-order valence-electron chi connectivity index (χ1n) is 24.2. The monoisotopic (exact) mass is 863 g/mol. The molecule has 4 aromatic heterocycles. The van der Waals surface area contributed by atoms with E-state index in [2.05, 4.69) is 144 Å². The number of hydrogen-bond donors (Lipinski definition) is 0. The molecule has 6 nitrogen and oxygen atoms in total. The molecule has 0 bridgehead atoms. The molecular formula is C61H44N6. The summed E-state index contributed by atoms with van der Waals surface area (Å²) < 4.78 is 32.6. The fraction of sp³-hybridized carbons (Fsp3) is 0.0656. The molecular weight excluding hydrogens is 817 g/mol. The lowest BCUT2D eigenvalue weighted by molar-refractivity contribution is 1.04. The van der Waals surface area contributed by atoms with Gasteiger partial charge >= 0.3 is 0 Å². The van der Waals surface area contributed by atoms with Crippen LogP contribution < -0.4 is 0 Å². The molecule has 6 heteroatoms. The smallest absolute Gasteiger partial charge is 0.164 e. The summed E-state index contributed by atoms with van der Waals surface area (Å²) >= 11 is 0. The van der Waals surface area contributed by atoms with Crippen LogP contribution in [-0.2, 0) is 0 Å². The van der Waals surface area contributed by atoms with Gasteiger partial charge in [0.1, 0.15) is 0 Å². The molecule has 0 aliphatic rings. The van der Waals surface area contributed by atoms with Gasteiger partial charge in [0, 0.05) is 53.1 Å². The third-order valence-electron chi connectivity index (χ3n) is 13.3. The van der Waals surface area contributed by atoms with Gasteiger partial charge in [-0.05, 0) is 100 Å². The van der Waals surface area contributed by atoms with Crippen LogP contribution in [0.1, 0.15) is 26.4 Å². The standard InChI is InChI=1S/C61H44N6/c1-37-23-27-52-46(31-37)44-19-11-13-21-50(44)65(52)56-35-43(61-63-59(41-15-7-5-8-16-41)62-60(64-61)42-17-9-6-10-18-42)36-57(66-51-22-14-12-20-45(51)47-32-38(2)24-28-53(47)66)58(56)67-54-29-25-39(3)33-48(54)49-34-40(4)26-30-55(49)67/h5-36H,1-4H3/i1D3. The van der Waals surface area contributed by atoms with Crippen LogP contribution >= 0.6 is 0 Å². The van der Waals surface area contributed by atoms with Gasteiger partial charge < -0.3 is 13.7 Å². The molecule has 0 amide bonds. The molecule has 318 valence electrons. The minimum Gasteiger partial charge on any atom is -0.307 e. The highest BCUT2D eigenvalue weighted by Crippen LogP contribution is 2.45. The molecule has 0 aliphatic carbocycles. The van der Waals surface area contributed by atoms with Gasteiger partial charge in [-0.1, -0.05) is 144 Å². The summed E-state index contributed by atoms with van der Waals surface area (Å²) in [4.78, 5) is 15.8. The van der Waals surface area contributed by atoms with Crippen molar-refractivity contribution in [2.24, 2.45) is 0 Å². The van der Waals surface area contributed by atoms with Crippen molar-refractivity contribution >= 4 is 65.4 Å². The Hall–Kier alpha value is -8.61. The van der Waals surface area contributed by atoms with Crippen LogP contribution in [-0.4, -0.2) is 28.7 Å². The zero-order valence-corrected chi connectivity index (χ0v) is 37.2. The number of para-hydroxylation sites is 2. The zero-order chi connectivity index (χ0) is 47.4. The van der Waals surface area contributed by atoms with Crippen molar-refractivity contribution in [3.8, 4) is 51.2 Å². The first-order chi connectivity index (χ1) is 34.1. The topological polar surface area (TPSA) is 53.5 Å². The summed E-state index contributed by atoms with van der Waals surface area (Å²) in [5, 5.41) is 6.38. The number of fused-ring (bicyclic) bond motifs is 9. The maximum absolute atomic E-state index is 8.48. The average molecular weight is 864 g/mol. The first-order valence-corrected chi connectivity index (χ1v) is 22.7. The van der Waals surface area contributed by atoms with E-state index in [0.29, 0.717) is 23.0 Å². The maximum Gasteiger partial charge on any atom is 0.164 e. The highest BCUT2D eigenvalue weighted by Gasteiger charge is 2.27. The minimum absolute atomic E-state index is 0.290. The Balaban J connectivity index is 1.27. The second-order valence-corrected chi connectivity index (χ2v) is 17.7. The van der Waals surface area contributed by atoms with Crippen LogP contribution in [0.4, 0.5) is 0 Å². The van der Waals surface area contributed by atoms with E-state index in [4.69, 9.17) is 19.1 Å². The Labute approximate surface area is 391 Å². The van der Waals surface area contributed by atoms with Crippen LogP contribution in [0.3, 0.4) is 0 Å². The van der Waals surface area contributed by atoms with E-state index in [0.717, 1.165) is 99.2 Å². The van der Waals surface area contributed by atoms with Gasteiger partial charge in [-0.2, -0.15) is 0 Å². The Morgan fingerprint density at radius 3 is 1.10 bits per heavy atom. The molecule has 0 saturated carbocycles. The SMILES string of the molecule is [2H]C([2H])([2H])c1ccc2c(c1)c1ccccc1n2-c1cc(-c2nc(-c3ccccc3)nc(-c3ccccc3)n2)cc(-n2c3ccccc3c3cc(C)ccc32)c1-n1c2ccc(C)cc2c2cc(C)ccc21. The predicted molar refractivity (Wildman–Crippen MR) is 278 cm³/mol. The van der Waals surface area contributed by atoms with E-state index >= 15 is 0 Å². The molecule has 0 spiro atoms. The van der Waals surface area contributed by atoms with E-state index in [1.54, 1.807) is 6.07 Å². The molecule has 9 aromatic carbocycles. The normalized spacial score (nSPS) is 12.7. The molecule has 4 heterocycles. The molecule has 13 rings (SSSR count). The molecule has 0 unspecified atom stereocenters. The largest absolute Gasteiger partial charge is 0.307 e. The second-order valence-electron chi connectivity index (χ2n) is 17.7. The quantitative estimate of drug-likeness (QED) is 0.167. The van der Waals surface area contributed by atoms with E-state index in [9.17, 15) is 0 Å². The van der Waals surface area contributed by atoms with E-state index in [-0.39, 0.29) is 0 Å². The van der Waals surface area contributed by atoms with Crippen LogP contribution in [0, 0.1) is 27.6 Å². The van der Waals surface area contributed by atoms with Crippen LogP contribution in [0.5, 0.6) is 0 Å². The second kappa shape index (κ2) is 15.0. The third-order valence-corrected chi connectivity index (χ3v) is 13.3. The molecule has 0 fully saturated rings. The number of aryl methyl sites for hydroxylation is 4. The van der Waals surface area contributed by atoms with Crippen molar-refractivity contribution in [3.63, 3.8) is 0 Å². The lowest BCUT2D eigenvalue weighted by atomic mass is 10.1. The Morgan fingerprint density at radius 2 is 0.657 bits per heavy atom. The summed E-state index contributed by atoms with van der Waals surface area (Å²) in [6.45, 7) is 4.15. The number of nitrogens with zero attached hydrogens (tertiary/aromatic N) is 6. The van der Waals surface area contributed by atoms with Gasteiger partial charge in [-0.25, -0.2) is 15.0 Å².